The predicted molar refractivity (Wildman–Crippen MR) is 106 cm³/mol. The molecule has 4 aromatic rings. The van der Waals surface area contributed by atoms with Gasteiger partial charge in [-0.25, -0.2) is 14.5 Å². The van der Waals surface area contributed by atoms with Crippen LogP contribution in [0.15, 0.2) is 60.9 Å². The van der Waals surface area contributed by atoms with Crippen LogP contribution in [0.1, 0.15) is 36.8 Å². The lowest BCUT2D eigenvalue weighted by Crippen LogP contribution is -2.31. The van der Waals surface area contributed by atoms with E-state index in [4.69, 9.17) is 15.1 Å². The van der Waals surface area contributed by atoms with Crippen molar-refractivity contribution in [2.45, 2.75) is 37.5 Å². The fourth-order valence-electron chi connectivity index (χ4n) is 5.10. The highest BCUT2D eigenvalue weighted by molar-refractivity contribution is 5.78. The third kappa shape index (κ3) is 2.13. The second kappa shape index (κ2) is 5.49. The summed E-state index contributed by atoms with van der Waals surface area (Å²) in [5, 5.41) is 4.74. The molecule has 132 valence electrons. The summed E-state index contributed by atoms with van der Waals surface area (Å²) in [6, 6.07) is 18.9. The first-order valence-corrected chi connectivity index (χ1v) is 9.74. The average Bonchev–Trinajstić information content (AvgIpc) is 3.36. The maximum absolute atomic E-state index is 5.00. The zero-order valence-corrected chi connectivity index (χ0v) is 15.1. The van der Waals surface area contributed by atoms with Gasteiger partial charge in [0.15, 0.2) is 11.5 Å². The number of hydrogen-bond donors (Lipinski definition) is 0. The van der Waals surface area contributed by atoms with Gasteiger partial charge in [0, 0.05) is 22.1 Å². The van der Waals surface area contributed by atoms with Crippen molar-refractivity contribution in [1.29, 1.82) is 0 Å². The van der Waals surface area contributed by atoms with Gasteiger partial charge in [-0.3, -0.25) is 0 Å². The molecule has 2 aliphatic carbocycles. The van der Waals surface area contributed by atoms with Crippen molar-refractivity contribution >= 4 is 5.65 Å². The Balaban J connectivity index is 1.66. The standard InChI is InChI=1S/C23H20N4/c1-2-8-16(9-3-1)21-25-22-19-20(24-15-27(22)26-21)18-11-5-4-10-17(18)14-23(19)12-6-7-13-23/h1-5,8-11,15H,6-7,12-14H2. The summed E-state index contributed by atoms with van der Waals surface area (Å²) >= 11 is 0. The number of fused-ring (bicyclic) bond motifs is 6. The molecule has 6 rings (SSSR count). The zero-order chi connectivity index (χ0) is 17.8. The monoisotopic (exact) mass is 352 g/mol. The van der Waals surface area contributed by atoms with Crippen molar-refractivity contribution in [1.82, 2.24) is 19.6 Å². The SMILES string of the molecule is c1ccc(-c2nc3c4c(ncn3n2)-c2ccccc2CC42CCCC2)cc1. The minimum atomic E-state index is 0.153. The van der Waals surface area contributed by atoms with E-state index in [0.717, 1.165) is 29.1 Å². The van der Waals surface area contributed by atoms with Gasteiger partial charge in [-0.2, -0.15) is 0 Å². The largest absolute Gasteiger partial charge is 0.236 e. The summed E-state index contributed by atoms with van der Waals surface area (Å²) in [6.07, 6.45) is 7.90. The molecule has 4 heteroatoms. The van der Waals surface area contributed by atoms with E-state index in [1.54, 1.807) is 0 Å². The Hall–Kier alpha value is -3.01. The van der Waals surface area contributed by atoms with Gasteiger partial charge in [0.05, 0.1) is 5.69 Å². The van der Waals surface area contributed by atoms with Crippen LogP contribution in [0, 0.1) is 0 Å². The fraction of sp³-hybridized carbons (Fsp3) is 0.261. The summed E-state index contributed by atoms with van der Waals surface area (Å²) in [6.45, 7) is 0. The van der Waals surface area contributed by atoms with Crippen LogP contribution in [-0.2, 0) is 11.8 Å². The molecule has 2 aromatic carbocycles. The van der Waals surface area contributed by atoms with E-state index >= 15 is 0 Å². The van der Waals surface area contributed by atoms with E-state index in [1.807, 2.05) is 29.0 Å². The van der Waals surface area contributed by atoms with E-state index in [9.17, 15) is 0 Å². The molecule has 1 saturated carbocycles. The van der Waals surface area contributed by atoms with Gasteiger partial charge < -0.3 is 0 Å². The highest BCUT2D eigenvalue weighted by atomic mass is 15.3. The van der Waals surface area contributed by atoms with Crippen LogP contribution in [0.3, 0.4) is 0 Å². The van der Waals surface area contributed by atoms with Gasteiger partial charge in [0.2, 0.25) is 0 Å². The summed E-state index contributed by atoms with van der Waals surface area (Å²) in [4.78, 5) is 9.88. The molecular weight excluding hydrogens is 332 g/mol. The van der Waals surface area contributed by atoms with E-state index in [0.29, 0.717) is 0 Å². The molecule has 0 amide bonds. The maximum Gasteiger partial charge on any atom is 0.182 e. The van der Waals surface area contributed by atoms with Crippen molar-refractivity contribution in [3.63, 3.8) is 0 Å². The van der Waals surface area contributed by atoms with Crippen molar-refractivity contribution < 1.29 is 0 Å². The van der Waals surface area contributed by atoms with Crippen molar-refractivity contribution in [2.24, 2.45) is 0 Å². The first kappa shape index (κ1) is 15.1. The van der Waals surface area contributed by atoms with Crippen molar-refractivity contribution in [3.05, 3.63) is 72.1 Å². The number of rotatable bonds is 1. The second-order valence-electron chi connectivity index (χ2n) is 7.86. The first-order chi connectivity index (χ1) is 13.3. The van der Waals surface area contributed by atoms with E-state index in [1.165, 1.54) is 42.4 Å². The molecule has 0 unspecified atom stereocenters. The van der Waals surface area contributed by atoms with E-state index < -0.39 is 0 Å². The molecule has 0 saturated heterocycles. The maximum atomic E-state index is 5.00. The molecule has 4 nitrogen and oxygen atoms in total. The molecular formula is C23H20N4. The number of benzene rings is 2. The molecule has 0 radical (unpaired) electrons. The summed E-state index contributed by atoms with van der Waals surface area (Å²) in [5.74, 6) is 0.776. The Morgan fingerprint density at radius 2 is 1.67 bits per heavy atom. The molecule has 27 heavy (non-hydrogen) atoms. The van der Waals surface area contributed by atoms with Crippen LogP contribution in [0.5, 0.6) is 0 Å². The Kier molecular flexibility index (Phi) is 3.07. The lowest BCUT2D eigenvalue weighted by Gasteiger charge is -2.36. The number of hydrogen-bond acceptors (Lipinski definition) is 3. The Bertz CT molecular complexity index is 1150. The van der Waals surface area contributed by atoms with E-state index in [2.05, 4.69) is 36.4 Å². The van der Waals surface area contributed by atoms with Crippen LogP contribution in [-0.4, -0.2) is 19.6 Å². The highest BCUT2D eigenvalue weighted by Crippen LogP contribution is 2.52. The van der Waals surface area contributed by atoms with Crippen molar-refractivity contribution in [3.8, 4) is 22.6 Å². The molecule has 1 spiro atoms. The molecule has 2 heterocycles. The summed E-state index contributed by atoms with van der Waals surface area (Å²) in [7, 11) is 0. The molecule has 0 aliphatic heterocycles. The predicted octanol–water partition coefficient (Wildman–Crippen LogP) is 4.83. The number of nitrogens with zero attached hydrogens (tertiary/aromatic N) is 4. The van der Waals surface area contributed by atoms with Crippen LogP contribution < -0.4 is 0 Å². The van der Waals surface area contributed by atoms with Crippen LogP contribution in [0.25, 0.3) is 28.3 Å². The summed E-state index contributed by atoms with van der Waals surface area (Å²) in [5.41, 5.74) is 7.29. The van der Waals surface area contributed by atoms with Gasteiger partial charge in [-0.1, -0.05) is 67.4 Å². The first-order valence-electron chi connectivity index (χ1n) is 9.74. The molecule has 0 N–H and O–H groups in total. The van der Waals surface area contributed by atoms with Gasteiger partial charge in [-0.05, 0) is 24.8 Å². The lowest BCUT2D eigenvalue weighted by molar-refractivity contribution is 0.433. The van der Waals surface area contributed by atoms with Gasteiger partial charge >= 0.3 is 0 Å². The molecule has 0 atom stereocenters. The number of aromatic nitrogens is 4. The molecule has 2 aromatic heterocycles. The summed E-state index contributed by atoms with van der Waals surface area (Å²) < 4.78 is 1.88. The quantitative estimate of drug-likeness (QED) is 0.493. The van der Waals surface area contributed by atoms with Gasteiger partial charge in [-0.15, -0.1) is 5.10 Å². The van der Waals surface area contributed by atoms with E-state index in [-0.39, 0.29) is 5.41 Å². The molecule has 1 fully saturated rings. The Morgan fingerprint density at radius 3 is 2.52 bits per heavy atom. The van der Waals surface area contributed by atoms with Gasteiger partial charge in [0.25, 0.3) is 0 Å². The third-order valence-electron chi connectivity index (χ3n) is 6.31. The Morgan fingerprint density at radius 1 is 0.889 bits per heavy atom. The minimum absolute atomic E-state index is 0.153. The van der Waals surface area contributed by atoms with Crippen LogP contribution in [0.2, 0.25) is 0 Å². The zero-order valence-electron chi connectivity index (χ0n) is 15.1. The highest BCUT2D eigenvalue weighted by Gasteiger charge is 2.43. The van der Waals surface area contributed by atoms with Crippen LogP contribution in [0.4, 0.5) is 0 Å². The minimum Gasteiger partial charge on any atom is -0.236 e. The molecule has 0 bridgehead atoms. The molecule has 2 aliphatic rings. The topological polar surface area (TPSA) is 43.1 Å². The lowest BCUT2D eigenvalue weighted by atomic mass is 9.68. The van der Waals surface area contributed by atoms with Crippen molar-refractivity contribution in [2.75, 3.05) is 0 Å². The fourth-order valence-corrected chi connectivity index (χ4v) is 5.10. The smallest absolute Gasteiger partial charge is 0.182 e. The van der Waals surface area contributed by atoms with Gasteiger partial charge in [0.1, 0.15) is 6.33 Å². The third-order valence-corrected chi connectivity index (χ3v) is 6.31. The average molecular weight is 352 g/mol. The second-order valence-corrected chi connectivity index (χ2v) is 7.86. The van der Waals surface area contributed by atoms with Crippen LogP contribution >= 0.6 is 0 Å². The normalized spacial score (nSPS) is 17.2. The Labute approximate surface area is 157 Å².